The Kier molecular flexibility index (Phi) is 8.38. The Balaban J connectivity index is 0.938. The lowest BCUT2D eigenvalue weighted by molar-refractivity contribution is 0.0812. The van der Waals surface area contributed by atoms with Crippen molar-refractivity contribution in [1.82, 2.24) is 41.0 Å². The Morgan fingerprint density at radius 1 is 0.949 bits per heavy atom. The first-order valence-electron chi connectivity index (χ1n) is 14.5. The van der Waals surface area contributed by atoms with Crippen LogP contribution in [0.2, 0.25) is 0 Å². The number of benzene rings is 1. The second-order valence-electron chi connectivity index (χ2n) is 11.6. The first-order chi connectivity index (χ1) is 19.1. The number of carbonyl (C=O) groups is 1. The van der Waals surface area contributed by atoms with Crippen molar-refractivity contribution in [1.29, 1.82) is 0 Å². The van der Waals surface area contributed by atoms with Crippen LogP contribution < -0.4 is 16.4 Å². The molecule has 1 unspecified atom stereocenters. The molecule has 3 fully saturated rings. The summed E-state index contributed by atoms with van der Waals surface area (Å²) in [6.45, 7) is 8.86. The number of aliphatic hydroxyl groups excluding tert-OH is 1. The number of hydrogen-bond acceptors (Lipinski definition) is 8. The molecule has 0 aliphatic carbocycles. The van der Waals surface area contributed by atoms with E-state index in [-0.39, 0.29) is 6.03 Å². The number of pyridine rings is 1. The Morgan fingerprint density at radius 2 is 1.77 bits per heavy atom. The molecule has 4 aliphatic heterocycles. The maximum absolute atomic E-state index is 13.1. The number of amides is 2. The Bertz CT molecular complexity index is 1100. The standard InChI is InChI=1S/C29H42N8O2/c38-28(20-35-12-9-22-3-1-2-4-25(22)17-35)21-37-14-13-36(29(37)39)19-26-6-5-24(15-30-26)23-7-10-34(11-8-23)18-27-16-31-33-32-27/h1-6,15,23,27-28,31-33,38H,7-14,16-21H2/t27?,28-/m1/s1. The van der Waals surface area contributed by atoms with Crippen molar-refractivity contribution < 1.29 is 9.90 Å². The Hall–Kier alpha value is -2.60. The highest BCUT2D eigenvalue weighted by molar-refractivity contribution is 5.76. The van der Waals surface area contributed by atoms with Crippen LogP contribution in [0, 0.1) is 0 Å². The van der Waals surface area contributed by atoms with E-state index in [0.29, 0.717) is 44.7 Å². The molecular formula is C29H42N8O2. The Labute approximate surface area is 231 Å². The van der Waals surface area contributed by atoms with E-state index in [9.17, 15) is 9.90 Å². The molecule has 1 aromatic carbocycles. The molecule has 10 nitrogen and oxygen atoms in total. The van der Waals surface area contributed by atoms with E-state index in [1.165, 1.54) is 16.7 Å². The van der Waals surface area contributed by atoms with Crippen molar-refractivity contribution in [3.63, 3.8) is 0 Å². The van der Waals surface area contributed by atoms with Crippen LogP contribution in [0.4, 0.5) is 4.79 Å². The molecule has 4 N–H and O–H groups in total. The van der Waals surface area contributed by atoms with Gasteiger partial charge in [-0.2, -0.15) is 5.53 Å². The fourth-order valence-corrected chi connectivity index (χ4v) is 6.48. The van der Waals surface area contributed by atoms with E-state index in [1.807, 2.05) is 11.1 Å². The normalized spacial score (nSPS) is 23.9. The lowest BCUT2D eigenvalue weighted by atomic mass is 9.90. The average molecular weight is 535 g/mol. The number of nitrogens with one attached hydrogen (secondary N) is 3. The van der Waals surface area contributed by atoms with E-state index in [4.69, 9.17) is 4.98 Å². The third-order valence-electron chi connectivity index (χ3n) is 8.74. The second kappa shape index (κ2) is 12.3. The van der Waals surface area contributed by atoms with Crippen LogP contribution in [0.1, 0.15) is 41.1 Å². The van der Waals surface area contributed by atoms with Crippen molar-refractivity contribution in [3.05, 3.63) is 65.0 Å². The fourth-order valence-electron chi connectivity index (χ4n) is 6.48. The molecule has 0 spiro atoms. The number of carbonyl (C=O) groups excluding carboxylic acids is 1. The maximum Gasteiger partial charge on any atom is 0.320 e. The van der Waals surface area contributed by atoms with E-state index >= 15 is 0 Å². The number of piperidine rings is 1. The number of aliphatic hydroxyl groups is 1. The largest absolute Gasteiger partial charge is 0.390 e. The monoisotopic (exact) mass is 534 g/mol. The summed E-state index contributed by atoms with van der Waals surface area (Å²) in [6, 6.07) is 13.3. The molecule has 39 heavy (non-hydrogen) atoms. The molecule has 0 bridgehead atoms. The van der Waals surface area contributed by atoms with Crippen LogP contribution in [0.3, 0.4) is 0 Å². The van der Waals surface area contributed by atoms with Gasteiger partial charge >= 0.3 is 6.03 Å². The molecule has 6 rings (SSSR count). The first-order valence-corrected chi connectivity index (χ1v) is 14.5. The second-order valence-corrected chi connectivity index (χ2v) is 11.6. The van der Waals surface area contributed by atoms with Gasteiger partial charge in [0.2, 0.25) is 0 Å². The number of urea groups is 1. The molecular weight excluding hydrogens is 492 g/mol. The van der Waals surface area contributed by atoms with E-state index in [1.54, 1.807) is 4.90 Å². The van der Waals surface area contributed by atoms with Crippen molar-refractivity contribution in [2.75, 3.05) is 58.9 Å². The van der Waals surface area contributed by atoms with Gasteiger partial charge < -0.3 is 19.8 Å². The predicted molar refractivity (Wildman–Crippen MR) is 150 cm³/mol. The topological polar surface area (TPSA) is 99.2 Å². The highest BCUT2D eigenvalue weighted by Crippen LogP contribution is 2.28. The van der Waals surface area contributed by atoms with Gasteiger partial charge in [0.25, 0.3) is 0 Å². The van der Waals surface area contributed by atoms with Crippen LogP contribution in [0.25, 0.3) is 0 Å². The van der Waals surface area contributed by atoms with Crippen LogP contribution in [-0.2, 0) is 19.5 Å². The summed E-state index contributed by atoms with van der Waals surface area (Å²) in [7, 11) is 0. The minimum absolute atomic E-state index is 0.00144. The van der Waals surface area contributed by atoms with Crippen LogP contribution in [0.15, 0.2) is 42.6 Å². The van der Waals surface area contributed by atoms with Crippen molar-refractivity contribution >= 4 is 6.03 Å². The zero-order chi connectivity index (χ0) is 26.6. The lowest BCUT2D eigenvalue weighted by Crippen LogP contribution is -2.44. The molecule has 3 saturated heterocycles. The third kappa shape index (κ3) is 6.59. The minimum atomic E-state index is -0.550. The van der Waals surface area contributed by atoms with Crippen LogP contribution >= 0.6 is 0 Å². The number of nitrogens with zero attached hydrogens (tertiary/aromatic N) is 5. The van der Waals surface area contributed by atoms with Gasteiger partial charge in [-0.1, -0.05) is 30.3 Å². The van der Waals surface area contributed by atoms with Crippen LogP contribution in [0.5, 0.6) is 0 Å². The third-order valence-corrected chi connectivity index (χ3v) is 8.74. The van der Waals surface area contributed by atoms with Gasteiger partial charge in [0.15, 0.2) is 0 Å². The lowest BCUT2D eigenvalue weighted by Gasteiger charge is -2.33. The molecule has 10 heteroatoms. The zero-order valence-electron chi connectivity index (χ0n) is 22.8. The number of hydrazine groups is 2. The van der Waals surface area contributed by atoms with Gasteiger partial charge in [-0.25, -0.2) is 15.6 Å². The Morgan fingerprint density at radius 3 is 2.54 bits per heavy atom. The molecule has 0 saturated carbocycles. The van der Waals surface area contributed by atoms with Crippen molar-refractivity contribution in [2.24, 2.45) is 0 Å². The number of likely N-dealkylation sites (tertiary alicyclic amines) is 1. The van der Waals surface area contributed by atoms with Crippen molar-refractivity contribution in [2.45, 2.75) is 50.4 Å². The van der Waals surface area contributed by atoms with E-state index < -0.39 is 6.10 Å². The van der Waals surface area contributed by atoms with E-state index in [2.05, 4.69) is 62.6 Å². The number of hydrogen-bond donors (Lipinski definition) is 4. The number of β-amino-alcohol motifs (C(OH)–C–C–N with tert-alkyl or cyclic N) is 1. The smallest absolute Gasteiger partial charge is 0.320 e. The molecule has 2 atom stereocenters. The van der Waals surface area contributed by atoms with Gasteiger partial charge in [0, 0.05) is 64.6 Å². The fraction of sp³-hybridized carbons (Fsp3) is 0.586. The van der Waals surface area contributed by atoms with Gasteiger partial charge in [-0.15, -0.1) is 0 Å². The molecule has 2 amide bonds. The van der Waals surface area contributed by atoms with E-state index in [0.717, 1.165) is 64.2 Å². The predicted octanol–water partition coefficient (Wildman–Crippen LogP) is 0.899. The summed E-state index contributed by atoms with van der Waals surface area (Å²) < 4.78 is 0. The van der Waals surface area contributed by atoms with Gasteiger partial charge in [0.1, 0.15) is 0 Å². The number of rotatable bonds is 9. The highest BCUT2D eigenvalue weighted by atomic mass is 16.3. The zero-order valence-corrected chi connectivity index (χ0v) is 22.8. The van der Waals surface area contributed by atoms with Gasteiger partial charge in [-0.05, 0) is 61.0 Å². The summed E-state index contributed by atoms with van der Waals surface area (Å²) in [5, 5.41) is 10.8. The molecule has 4 aliphatic rings. The average Bonchev–Trinajstić information content (AvgIpc) is 3.59. The summed E-state index contributed by atoms with van der Waals surface area (Å²) in [5.41, 5.74) is 14.3. The molecule has 2 aromatic rings. The number of fused-ring (bicyclic) bond motifs is 1. The summed E-state index contributed by atoms with van der Waals surface area (Å²) in [4.78, 5) is 26.3. The molecule has 210 valence electrons. The SMILES string of the molecule is O=C1N(Cc2ccc(C3CCN(CC4CNNN4)CC3)cn2)CCN1C[C@H](O)CN1CCc2ccccc2C1. The molecule has 0 radical (unpaired) electrons. The molecule has 5 heterocycles. The quantitative estimate of drug-likeness (QED) is 0.377. The first kappa shape index (κ1) is 26.6. The summed E-state index contributed by atoms with van der Waals surface area (Å²) in [5.74, 6) is 0.550. The van der Waals surface area contributed by atoms with Crippen molar-refractivity contribution in [3.8, 4) is 0 Å². The maximum atomic E-state index is 13.1. The van der Waals surface area contributed by atoms with Gasteiger partial charge in [0.05, 0.1) is 18.3 Å². The van der Waals surface area contributed by atoms with Crippen LogP contribution in [-0.4, -0.2) is 107 Å². The number of aromatic nitrogens is 1. The highest BCUT2D eigenvalue weighted by Gasteiger charge is 2.31. The molecule has 1 aromatic heterocycles. The minimum Gasteiger partial charge on any atom is -0.390 e. The van der Waals surface area contributed by atoms with Gasteiger partial charge in [-0.3, -0.25) is 9.88 Å². The summed E-state index contributed by atoms with van der Waals surface area (Å²) >= 11 is 0. The summed E-state index contributed by atoms with van der Waals surface area (Å²) in [6.07, 6.45) is 4.78.